The predicted octanol–water partition coefficient (Wildman–Crippen LogP) is 2.12. The number of aromatic hydroxyl groups is 1. The molecule has 0 amide bonds. The van der Waals surface area contributed by atoms with Crippen LogP contribution in [0.3, 0.4) is 0 Å². The molecule has 2 N–H and O–H groups in total. The molecule has 0 bridgehead atoms. The highest BCUT2D eigenvalue weighted by molar-refractivity contribution is 5.66. The molecule has 0 aliphatic rings. The largest absolute Gasteiger partial charge is 0.504 e. The number of rotatable bonds is 5. The number of phenols is 1. The second-order valence-corrected chi connectivity index (χ2v) is 3.71. The van der Waals surface area contributed by atoms with E-state index >= 15 is 0 Å². The zero-order valence-corrected chi connectivity index (χ0v) is 9.49. The van der Waals surface area contributed by atoms with Crippen molar-refractivity contribution in [3.8, 4) is 11.5 Å². The van der Waals surface area contributed by atoms with Crippen LogP contribution in [0, 0.1) is 6.92 Å². The summed E-state index contributed by atoms with van der Waals surface area (Å²) in [6.07, 6.45) is 1.41. The van der Waals surface area contributed by atoms with Crippen molar-refractivity contribution in [1.29, 1.82) is 0 Å². The lowest BCUT2D eigenvalue weighted by atomic mass is 10.0. The third-order valence-electron chi connectivity index (χ3n) is 2.40. The van der Waals surface area contributed by atoms with E-state index in [1.807, 2.05) is 6.07 Å². The first-order chi connectivity index (χ1) is 7.54. The molecule has 0 fully saturated rings. The van der Waals surface area contributed by atoms with E-state index in [1.54, 1.807) is 13.0 Å². The average Bonchev–Trinajstić information content (AvgIpc) is 2.22. The minimum atomic E-state index is -0.789. The quantitative estimate of drug-likeness (QED) is 0.803. The zero-order chi connectivity index (χ0) is 12.1. The maximum atomic E-state index is 10.4. The third kappa shape index (κ3) is 3.15. The van der Waals surface area contributed by atoms with Crippen LogP contribution in [0.2, 0.25) is 0 Å². The lowest BCUT2D eigenvalue weighted by Gasteiger charge is -2.09. The molecule has 1 aromatic rings. The smallest absolute Gasteiger partial charge is 0.303 e. The van der Waals surface area contributed by atoms with Crippen LogP contribution < -0.4 is 4.74 Å². The standard InChI is InChI=1S/C12H16O4/c1-8-6-9(4-3-5-11(13)14)7-10(16-2)12(8)15/h6-7,15H,3-5H2,1-2H3,(H,13,14). The normalized spacial score (nSPS) is 10.1. The Balaban J connectivity index is 2.74. The van der Waals surface area contributed by atoms with Crippen molar-refractivity contribution in [2.75, 3.05) is 7.11 Å². The number of aliphatic carboxylic acids is 1. The molecule has 0 spiro atoms. The minimum absolute atomic E-state index is 0.143. The number of aryl methyl sites for hydroxylation is 2. The maximum absolute atomic E-state index is 10.4. The molecule has 0 aliphatic heterocycles. The van der Waals surface area contributed by atoms with Gasteiger partial charge in [-0.3, -0.25) is 4.79 Å². The van der Waals surface area contributed by atoms with Crippen molar-refractivity contribution in [3.63, 3.8) is 0 Å². The van der Waals surface area contributed by atoms with Gasteiger partial charge in [0.2, 0.25) is 0 Å². The summed E-state index contributed by atoms with van der Waals surface area (Å²) in [4.78, 5) is 10.4. The van der Waals surface area contributed by atoms with Gasteiger partial charge in [-0.25, -0.2) is 0 Å². The first-order valence-electron chi connectivity index (χ1n) is 5.13. The summed E-state index contributed by atoms with van der Waals surface area (Å²) in [7, 11) is 1.50. The van der Waals surface area contributed by atoms with E-state index in [9.17, 15) is 9.90 Å². The van der Waals surface area contributed by atoms with Crippen molar-refractivity contribution in [1.82, 2.24) is 0 Å². The summed E-state index contributed by atoms with van der Waals surface area (Å²) in [5.74, 6) is -0.211. The Morgan fingerprint density at radius 3 is 2.69 bits per heavy atom. The summed E-state index contributed by atoms with van der Waals surface area (Å²) in [5, 5.41) is 18.1. The molecule has 0 aliphatic carbocycles. The van der Waals surface area contributed by atoms with E-state index in [0.29, 0.717) is 18.6 Å². The number of methoxy groups -OCH3 is 1. The number of carboxylic acid groups (broad SMARTS) is 1. The van der Waals surface area contributed by atoms with E-state index in [1.165, 1.54) is 7.11 Å². The van der Waals surface area contributed by atoms with Crippen molar-refractivity contribution in [2.24, 2.45) is 0 Å². The Hall–Kier alpha value is -1.71. The second kappa shape index (κ2) is 5.39. The molecule has 4 heteroatoms. The summed E-state index contributed by atoms with van der Waals surface area (Å²) >= 11 is 0. The van der Waals surface area contributed by atoms with Gasteiger partial charge in [0.25, 0.3) is 0 Å². The summed E-state index contributed by atoms with van der Waals surface area (Å²) in [6, 6.07) is 3.59. The summed E-state index contributed by atoms with van der Waals surface area (Å²) < 4.78 is 5.03. The van der Waals surface area contributed by atoms with Crippen LogP contribution in [0.5, 0.6) is 11.5 Å². The van der Waals surface area contributed by atoms with Crippen LogP contribution in [0.4, 0.5) is 0 Å². The summed E-state index contributed by atoms with van der Waals surface area (Å²) in [5.41, 5.74) is 1.72. The van der Waals surface area contributed by atoms with Gasteiger partial charge in [0.05, 0.1) is 7.11 Å². The molecule has 0 atom stereocenters. The molecule has 0 aromatic heterocycles. The molecule has 1 rings (SSSR count). The molecule has 0 unspecified atom stereocenters. The SMILES string of the molecule is COc1cc(CCCC(=O)O)cc(C)c1O. The number of hydrogen-bond acceptors (Lipinski definition) is 3. The molecule has 0 saturated carbocycles. The Bertz CT molecular complexity index is 385. The topological polar surface area (TPSA) is 66.8 Å². The van der Waals surface area contributed by atoms with Gasteiger partial charge in [0, 0.05) is 6.42 Å². The molecular weight excluding hydrogens is 208 g/mol. The van der Waals surface area contributed by atoms with E-state index in [4.69, 9.17) is 9.84 Å². The average molecular weight is 224 g/mol. The first kappa shape index (κ1) is 12.4. The van der Waals surface area contributed by atoms with Gasteiger partial charge in [0.1, 0.15) is 0 Å². The van der Waals surface area contributed by atoms with Gasteiger partial charge in [0.15, 0.2) is 11.5 Å². The number of carboxylic acids is 1. The molecule has 88 valence electrons. The molecule has 4 nitrogen and oxygen atoms in total. The fourth-order valence-corrected chi connectivity index (χ4v) is 1.56. The Labute approximate surface area is 94.5 Å². The fraction of sp³-hybridized carbons (Fsp3) is 0.417. The van der Waals surface area contributed by atoms with Gasteiger partial charge in [-0.2, -0.15) is 0 Å². The van der Waals surface area contributed by atoms with Crippen molar-refractivity contribution >= 4 is 5.97 Å². The molecule has 0 saturated heterocycles. The minimum Gasteiger partial charge on any atom is -0.504 e. The van der Waals surface area contributed by atoms with E-state index in [2.05, 4.69) is 0 Å². The van der Waals surface area contributed by atoms with Crippen LogP contribution in [-0.4, -0.2) is 23.3 Å². The highest BCUT2D eigenvalue weighted by atomic mass is 16.5. The number of phenolic OH excluding ortho intramolecular Hbond substituents is 1. The lowest BCUT2D eigenvalue weighted by molar-refractivity contribution is -0.137. The highest BCUT2D eigenvalue weighted by Crippen LogP contribution is 2.31. The molecule has 0 heterocycles. The highest BCUT2D eigenvalue weighted by Gasteiger charge is 2.07. The van der Waals surface area contributed by atoms with Crippen LogP contribution in [0.15, 0.2) is 12.1 Å². The predicted molar refractivity (Wildman–Crippen MR) is 60.0 cm³/mol. The number of hydrogen-bond donors (Lipinski definition) is 2. The van der Waals surface area contributed by atoms with Crippen molar-refractivity contribution < 1.29 is 19.7 Å². The van der Waals surface area contributed by atoms with Gasteiger partial charge >= 0.3 is 5.97 Å². The van der Waals surface area contributed by atoms with Crippen molar-refractivity contribution in [3.05, 3.63) is 23.3 Å². The lowest BCUT2D eigenvalue weighted by Crippen LogP contribution is -1.97. The number of ether oxygens (including phenoxy) is 1. The van der Waals surface area contributed by atoms with Crippen molar-refractivity contribution in [2.45, 2.75) is 26.2 Å². The second-order valence-electron chi connectivity index (χ2n) is 3.71. The Morgan fingerprint density at radius 1 is 1.44 bits per heavy atom. The Morgan fingerprint density at radius 2 is 2.12 bits per heavy atom. The monoisotopic (exact) mass is 224 g/mol. The maximum Gasteiger partial charge on any atom is 0.303 e. The van der Waals surface area contributed by atoms with E-state index < -0.39 is 5.97 Å². The van der Waals surface area contributed by atoms with Gasteiger partial charge in [-0.15, -0.1) is 0 Å². The zero-order valence-electron chi connectivity index (χ0n) is 9.49. The number of carbonyl (C=O) groups is 1. The summed E-state index contributed by atoms with van der Waals surface area (Å²) in [6.45, 7) is 1.79. The molecule has 16 heavy (non-hydrogen) atoms. The molecular formula is C12H16O4. The Kier molecular flexibility index (Phi) is 4.17. The molecule has 1 aromatic carbocycles. The third-order valence-corrected chi connectivity index (χ3v) is 2.40. The number of benzene rings is 1. The van der Waals surface area contributed by atoms with Gasteiger partial charge in [-0.05, 0) is 37.0 Å². The van der Waals surface area contributed by atoms with Gasteiger partial charge in [-0.1, -0.05) is 6.07 Å². The van der Waals surface area contributed by atoms with Crippen LogP contribution in [0.25, 0.3) is 0 Å². The first-order valence-corrected chi connectivity index (χ1v) is 5.13. The van der Waals surface area contributed by atoms with Gasteiger partial charge < -0.3 is 14.9 Å². The van der Waals surface area contributed by atoms with E-state index in [-0.39, 0.29) is 12.2 Å². The van der Waals surface area contributed by atoms with Crippen LogP contribution >= 0.6 is 0 Å². The fourth-order valence-electron chi connectivity index (χ4n) is 1.56. The molecule has 0 radical (unpaired) electrons. The van der Waals surface area contributed by atoms with E-state index in [0.717, 1.165) is 11.1 Å². The van der Waals surface area contributed by atoms with Crippen LogP contribution in [-0.2, 0) is 11.2 Å². The van der Waals surface area contributed by atoms with Crippen LogP contribution in [0.1, 0.15) is 24.0 Å².